The number of carbonyl (C=O) groups is 1. The number of aromatic nitrogens is 2. The van der Waals surface area contributed by atoms with Crippen LogP contribution in [0.3, 0.4) is 0 Å². The molecule has 6 heteroatoms. The SMILES string of the molecule is COc1ccc2[nH]c(C(=O)NCc3csc(C)n3)c(C)c2c1. The summed E-state index contributed by atoms with van der Waals surface area (Å²) in [6.45, 7) is 4.31. The Morgan fingerprint density at radius 3 is 2.91 bits per heavy atom. The number of fused-ring (bicyclic) bond motifs is 1. The average molecular weight is 315 g/mol. The number of aryl methyl sites for hydroxylation is 2. The van der Waals surface area contributed by atoms with Gasteiger partial charge in [0.25, 0.3) is 5.91 Å². The molecule has 0 aliphatic rings. The van der Waals surface area contributed by atoms with Crippen molar-refractivity contribution in [2.45, 2.75) is 20.4 Å². The maximum absolute atomic E-state index is 12.4. The van der Waals surface area contributed by atoms with Crippen LogP contribution in [0.4, 0.5) is 0 Å². The quantitative estimate of drug-likeness (QED) is 0.777. The largest absolute Gasteiger partial charge is 0.497 e. The fraction of sp³-hybridized carbons (Fsp3) is 0.250. The van der Waals surface area contributed by atoms with E-state index < -0.39 is 0 Å². The Morgan fingerprint density at radius 1 is 1.41 bits per heavy atom. The van der Waals surface area contributed by atoms with Crippen LogP contribution in [0.15, 0.2) is 23.6 Å². The molecule has 22 heavy (non-hydrogen) atoms. The number of nitrogens with zero attached hydrogens (tertiary/aromatic N) is 1. The van der Waals surface area contributed by atoms with Gasteiger partial charge in [0.15, 0.2) is 0 Å². The highest BCUT2D eigenvalue weighted by Crippen LogP contribution is 2.26. The van der Waals surface area contributed by atoms with Crippen molar-refractivity contribution in [1.29, 1.82) is 0 Å². The summed E-state index contributed by atoms with van der Waals surface area (Å²) in [5, 5.41) is 6.85. The number of methoxy groups -OCH3 is 1. The standard InChI is InChI=1S/C16H17N3O2S/c1-9-13-6-12(21-3)4-5-14(13)19-15(9)16(20)17-7-11-8-22-10(2)18-11/h4-6,8,19H,7H2,1-3H3,(H,17,20). The van der Waals surface area contributed by atoms with E-state index in [1.807, 2.05) is 37.4 Å². The summed E-state index contributed by atoms with van der Waals surface area (Å²) in [6.07, 6.45) is 0. The number of carbonyl (C=O) groups excluding carboxylic acids is 1. The Labute approximate surface area is 132 Å². The molecule has 0 spiro atoms. The number of amides is 1. The molecule has 0 atom stereocenters. The third-order valence-electron chi connectivity index (χ3n) is 3.59. The molecular weight excluding hydrogens is 298 g/mol. The molecule has 0 aliphatic heterocycles. The van der Waals surface area contributed by atoms with Crippen LogP contribution in [0.1, 0.15) is 26.8 Å². The average Bonchev–Trinajstić information content (AvgIpc) is 3.08. The van der Waals surface area contributed by atoms with Crippen molar-refractivity contribution in [3.05, 3.63) is 45.5 Å². The lowest BCUT2D eigenvalue weighted by Gasteiger charge is -2.02. The number of hydrogen-bond acceptors (Lipinski definition) is 4. The molecule has 114 valence electrons. The number of H-pyrrole nitrogens is 1. The Balaban J connectivity index is 1.82. The van der Waals surface area contributed by atoms with Crippen LogP contribution < -0.4 is 10.1 Å². The van der Waals surface area contributed by atoms with Crippen molar-refractivity contribution < 1.29 is 9.53 Å². The van der Waals surface area contributed by atoms with Crippen LogP contribution in [0.2, 0.25) is 0 Å². The monoisotopic (exact) mass is 315 g/mol. The molecule has 0 fully saturated rings. The van der Waals surface area contributed by atoms with Crippen LogP contribution in [0, 0.1) is 13.8 Å². The van der Waals surface area contributed by atoms with Crippen LogP contribution in [-0.4, -0.2) is 23.0 Å². The Morgan fingerprint density at radius 2 is 2.23 bits per heavy atom. The zero-order valence-electron chi connectivity index (χ0n) is 12.7. The Hall–Kier alpha value is -2.34. The molecule has 0 radical (unpaired) electrons. The fourth-order valence-electron chi connectivity index (χ4n) is 2.41. The van der Waals surface area contributed by atoms with E-state index in [0.29, 0.717) is 12.2 Å². The van der Waals surface area contributed by atoms with E-state index in [4.69, 9.17) is 4.74 Å². The molecule has 2 N–H and O–H groups in total. The topological polar surface area (TPSA) is 67.0 Å². The van der Waals surface area contributed by atoms with Gasteiger partial charge in [-0.25, -0.2) is 4.98 Å². The van der Waals surface area contributed by atoms with Gasteiger partial charge in [0, 0.05) is 16.3 Å². The van der Waals surface area contributed by atoms with Crippen molar-refractivity contribution in [2.75, 3.05) is 7.11 Å². The number of ether oxygens (including phenoxy) is 1. The second kappa shape index (κ2) is 5.81. The number of hydrogen-bond donors (Lipinski definition) is 2. The van der Waals surface area contributed by atoms with Crippen molar-refractivity contribution in [2.24, 2.45) is 0 Å². The van der Waals surface area contributed by atoms with Gasteiger partial charge < -0.3 is 15.0 Å². The number of aromatic amines is 1. The zero-order chi connectivity index (χ0) is 15.7. The summed E-state index contributed by atoms with van der Waals surface area (Å²) in [5.41, 5.74) is 3.30. The molecule has 2 heterocycles. The fourth-order valence-corrected chi connectivity index (χ4v) is 3.02. The minimum absolute atomic E-state index is 0.127. The Kier molecular flexibility index (Phi) is 3.85. The van der Waals surface area contributed by atoms with Crippen molar-refractivity contribution in [1.82, 2.24) is 15.3 Å². The first-order chi connectivity index (χ1) is 10.6. The van der Waals surface area contributed by atoms with Gasteiger partial charge in [0.1, 0.15) is 11.4 Å². The summed E-state index contributed by atoms with van der Waals surface area (Å²) >= 11 is 1.58. The highest BCUT2D eigenvalue weighted by molar-refractivity contribution is 7.09. The molecule has 1 amide bonds. The number of rotatable bonds is 4. The molecule has 0 unspecified atom stereocenters. The summed E-state index contributed by atoms with van der Waals surface area (Å²) in [6, 6.07) is 5.72. The second-order valence-corrected chi connectivity index (χ2v) is 6.14. The highest BCUT2D eigenvalue weighted by Gasteiger charge is 2.15. The normalized spacial score (nSPS) is 10.9. The molecule has 5 nitrogen and oxygen atoms in total. The van der Waals surface area contributed by atoms with E-state index in [1.54, 1.807) is 18.4 Å². The van der Waals surface area contributed by atoms with E-state index in [9.17, 15) is 4.79 Å². The third kappa shape index (κ3) is 2.69. The molecule has 0 bridgehead atoms. The lowest BCUT2D eigenvalue weighted by molar-refractivity contribution is 0.0945. The van der Waals surface area contributed by atoms with E-state index in [2.05, 4.69) is 15.3 Å². The zero-order valence-corrected chi connectivity index (χ0v) is 13.5. The molecule has 0 aliphatic carbocycles. The molecule has 1 aromatic carbocycles. The molecular formula is C16H17N3O2S. The van der Waals surface area contributed by atoms with Gasteiger partial charge in [0.05, 0.1) is 24.4 Å². The molecule has 0 saturated carbocycles. The van der Waals surface area contributed by atoms with E-state index >= 15 is 0 Å². The number of benzene rings is 1. The van der Waals surface area contributed by atoms with Gasteiger partial charge in [-0.05, 0) is 37.6 Å². The molecule has 2 aromatic heterocycles. The predicted molar refractivity (Wildman–Crippen MR) is 87.6 cm³/mol. The van der Waals surface area contributed by atoms with Crippen LogP contribution >= 0.6 is 11.3 Å². The van der Waals surface area contributed by atoms with Gasteiger partial charge >= 0.3 is 0 Å². The molecule has 3 aromatic rings. The van der Waals surface area contributed by atoms with Gasteiger partial charge in [-0.15, -0.1) is 11.3 Å². The van der Waals surface area contributed by atoms with E-state index in [0.717, 1.165) is 32.9 Å². The van der Waals surface area contributed by atoms with Crippen LogP contribution in [0.5, 0.6) is 5.75 Å². The summed E-state index contributed by atoms with van der Waals surface area (Å²) in [5.74, 6) is 0.651. The first-order valence-corrected chi connectivity index (χ1v) is 7.82. The minimum Gasteiger partial charge on any atom is -0.497 e. The second-order valence-electron chi connectivity index (χ2n) is 5.08. The van der Waals surface area contributed by atoms with Crippen LogP contribution in [0.25, 0.3) is 10.9 Å². The number of thiazole rings is 1. The first-order valence-electron chi connectivity index (χ1n) is 6.94. The first kappa shape index (κ1) is 14.6. The van der Waals surface area contributed by atoms with E-state index in [1.165, 1.54) is 0 Å². The maximum Gasteiger partial charge on any atom is 0.268 e. The Bertz CT molecular complexity index is 835. The predicted octanol–water partition coefficient (Wildman–Crippen LogP) is 3.18. The molecule has 3 rings (SSSR count). The lowest BCUT2D eigenvalue weighted by Crippen LogP contribution is -2.24. The minimum atomic E-state index is -0.127. The van der Waals surface area contributed by atoms with E-state index in [-0.39, 0.29) is 5.91 Å². The van der Waals surface area contributed by atoms with Gasteiger partial charge in [0.2, 0.25) is 0 Å². The summed E-state index contributed by atoms with van der Waals surface area (Å²) in [7, 11) is 1.63. The van der Waals surface area contributed by atoms with Crippen molar-refractivity contribution in [3.8, 4) is 5.75 Å². The maximum atomic E-state index is 12.4. The third-order valence-corrected chi connectivity index (χ3v) is 4.41. The summed E-state index contributed by atoms with van der Waals surface area (Å²) < 4.78 is 5.23. The lowest BCUT2D eigenvalue weighted by atomic mass is 10.1. The molecule has 0 saturated heterocycles. The van der Waals surface area contributed by atoms with Crippen molar-refractivity contribution in [3.63, 3.8) is 0 Å². The van der Waals surface area contributed by atoms with Crippen LogP contribution in [-0.2, 0) is 6.54 Å². The smallest absolute Gasteiger partial charge is 0.268 e. The van der Waals surface area contributed by atoms with Gasteiger partial charge in [-0.1, -0.05) is 0 Å². The summed E-state index contributed by atoms with van der Waals surface area (Å²) in [4.78, 5) is 19.9. The number of nitrogens with one attached hydrogen (secondary N) is 2. The van der Waals surface area contributed by atoms with Crippen molar-refractivity contribution >= 4 is 28.1 Å². The van der Waals surface area contributed by atoms with Gasteiger partial charge in [-0.2, -0.15) is 0 Å². The highest BCUT2D eigenvalue weighted by atomic mass is 32.1. The van der Waals surface area contributed by atoms with Gasteiger partial charge in [-0.3, -0.25) is 4.79 Å².